The smallest absolute Gasteiger partial charge is 0.255 e. The van der Waals surface area contributed by atoms with E-state index in [-0.39, 0.29) is 28.1 Å². The number of benzene rings is 2. The molecule has 1 atom stereocenters. The van der Waals surface area contributed by atoms with Gasteiger partial charge in [0.05, 0.1) is 25.5 Å². The van der Waals surface area contributed by atoms with Crippen molar-refractivity contribution in [1.82, 2.24) is 15.1 Å². The molecule has 3 aliphatic rings. The van der Waals surface area contributed by atoms with Crippen molar-refractivity contribution in [2.24, 2.45) is 0 Å². The maximum atomic E-state index is 13.4. The molecule has 33 heavy (non-hydrogen) atoms. The van der Waals surface area contributed by atoms with Gasteiger partial charge in [-0.3, -0.25) is 24.6 Å². The summed E-state index contributed by atoms with van der Waals surface area (Å²) < 4.78 is 130. The Morgan fingerprint density at radius 1 is 1.15 bits per heavy atom. The molecule has 2 fully saturated rings. The fraction of sp³-hybridized carbons (Fsp3) is 0.400. The number of piperidine rings is 1. The van der Waals surface area contributed by atoms with E-state index in [1.165, 1.54) is 18.2 Å². The Kier molecular flexibility index (Phi) is 2.93. The molecule has 2 aromatic rings. The number of rotatable bonds is 6. The average Bonchev–Trinajstić information content (AvgIpc) is 3.14. The van der Waals surface area contributed by atoms with Crippen LogP contribution in [0.4, 0.5) is 5.69 Å². The molecule has 0 saturated carbocycles. The van der Waals surface area contributed by atoms with Gasteiger partial charge in [-0.2, -0.15) is 0 Å². The fourth-order valence-corrected chi connectivity index (χ4v) is 3.43. The van der Waals surface area contributed by atoms with E-state index in [4.69, 9.17) is 20.6 Å². The number of ether oxygens (including phenoxy) is 1. The molecule has 0 radical (unpaired) electrons. The zero-order valence-electron chi connectivity index (χ0n) is 32.0. The second kappa shape index (κ2) is 9.33. The highest BCUT2D eigenvalue weighted by Crippen LogP contribution is 2.32. The van der Waals surface area contributed by atoms with Crippen molar-refractivity contribution >= 4 is 23.4 Å². The second-order valence-corrected chi connectivity index (χ2v) is 7.11. The molecule has 0 aromatic heterocycles. The maximum absolute atomic E-state index is 13.4. The lowest BCUT2D eigenvalue weighted by Gasteiger charge is -2.29. The van der Waals surface area contributed by atoms with Gasteiger partial charge in [0, 0.05) is 63.9 Å². The van der Waals surface area contributed by atoms with Crippen LogP contribution in [0.15, 0.2) is 42.5 Å². The topological polar surface area (TPSA) is 91.0 Å². The van der Waals surface area contributed by atoms with Crippen molar-refractivity contribution in [2.75, 3.05) is 31.4 Å². The average molecular weight is 464 g/mol. The van der Waals surface area contributed by atoms with Crippen LogP contribution in [0.2, 0.25) is 0 Å². The Hall–Kier alpha value is -3.23. The third-order valence-corrected chi connectivity index (χ3v) is 4.96. The molecule has 0 bridgehead atoms. The van der Waals surface area contributed by atoms with Crippen LogP contribution >= 0.6 is 0 Å². The van der Waals surface area contributed by atoms with Crippen LogP contribution in [0.3, 0.4) is 0 Å². The molecule has 3 aliphatic heterocycles. The zero-order valence-corrected chi connectivity index (χ0v) is 17.0. The molecule has 2 aromatic carbocycles. The molecule has 172 valence electrons. The number of imide groups is 1. The number of hydrogen-bond donors (Lipinski definition) is 2. The number of fused-ring (bicyclic) bond motifs is 1. The third-order valence-electron chi connectivity index (χ3n) is 4.96. The number of carbonyl (C=O) groups excluding carboxylic acids is 3. The van der Waals surface area contributed by atoms with Gasteiger partial charge in [0.2, 0.25) is 11.8 Å². The molecule has 5 rings (SSSR count). The Morgan fingerprint density at radius 3 is 2.76 bits per heavy atom. The summed E-state index contributed by atoms with van der Waals surface area (Å²) in [7, 11) is 0. The first-order valence-corrected chi connectivity index (χ1v) is 9.88. The minimum absolute atomic E-state index is 0.289. The normalized spacial score (nSPS) is 38.6. The number of nitrogens with one attached hydrogen (secondary N) is 2. The first kappa shape index (κ1) is 10.4. The summed E-state index contributed by atoms with van der Waals surface area (Å²) in [5.41, 5.74) is -2.03. The summed E-state index contributed by atoms with van der Waals surface area (Å²) in [6.07, 6.45) is -0.844. The Morgan fingerprint density at radius 2 is 1.94 bits per heavy atom. The molecule has 2 N–H and O–H groups in total. The monoisotopic (exact) mass is 463 g/mol. The maximum Gasteiger partial charge on any atom is 0.255 e. The predicted molar refractivity (Wildman–Crippen MR) is 122 cm³/mol. The van der Waals surface area contributed by atoms with E-state index in [1.54, 1.807) is 0 Å². The predicted octanol–water partition coefficient (Wildman–Crippen LogP) is 1.89. The largest absolute Gasteiger partial charge is 0.381 e. The molecule has 0 aliphatic carbocycles. The van der Waals surface area contributed by atoms with E-state index in [2.05, 4.69) is 10.1 Å². The standard InChI is InChI=1S/C25H28N4O4/c30-23-8-7-22(24(31)27-23)29-16-20-19(25(29)32)5-2-6-21(20)26-14-17-3-1-4-18(13-17)15-28-9-11-33-12-10-28/h1-6,13,22,26H,7-12,14-16H2,(H,27,30,31)/i9D2,10D2,11D2,12D2,14D2,15D2,16D2,22D. The summed E-state index contributed by atoms with van der Waals surface area (Å²) in [4.78, 5) is 37.9. The Labute approximate surface area is 214 Å². The molecule has 8 heteroatoms. The number of morpholine rings is 1. The zero-order chi connectivity index (χ0) is 36.3. The van der Waals surface area contributed by atoms with Crippen molar-refractivity contribution in [3.63, 3.8) is 0 Å². The van der Waals surface area contributed by atoms with Gasteiger partial charge in [0.1, 0.15) is 6.02 Å². The summed E-state index contributed by atoms with van der Waals surface area (Å²) in [5, 5.41) is 4.39. The number of amides is 3. The van der Waals surface area contributed by atoms with E-state index < -0.39 is 86.9 Å². The van der Waals surface area contributed by atoms with Crippen LogP contribution in [-0.4, -0.2) is 59.7 Å². The first-order valence-electron chi connectivity index (χ1n) is 17.4. The number of hydrogen-bond acceptors (Lipinski definition) is 6. The Bertz CT molecular complexity index is 1690. The highest BCUT2D eigenvalue weighted by atomic mass is 16.5. The van der Waals surface area contributed by atoms with Gasteiger partial charge < -0.3 is 15.0 Å². The summed E-state index contributed by atoms with van der Waals surface area (Å²) in [5.74, 6) is -2.98. The van der Waals surface area contributed by atoms with Crippen molar-refractivity contribution in [3.05, 3.63) is 64.7 Å². The van der Waals surface area contributed by atoms with Crippen molar-refractivity contribution in [2.45, 2.75) is 38.4 Å². The molecule has 0 spiro atoms. The molecule has 3 heterocycles. The third kappa shape index (κ3) is 4.62. The minimum Gasteiger partial charge on any atom is -0.381 e. The first-order chi connectivity index (χ1) is 21.7. The SMILES string of the molecule is [2H]C([2H])(Nc1cccc2c1C([2H])([2H])N(C1([2H])CCC(=O)NC1=O)C2=O)c1cccc(C([2H])([2H])N2C([2H])([2H])C([2H])([2H])OC([2H])([2H])C2([2H])[2H])c1. The van der Waals surface area contributed by atoms with Gasteiger partial charge >= 0.3 is 0 Å². The minimum atomic E-state index is -3.61. The van der Waals surface area contributed by atoms with Crippen molar-refractivity contribution in [3.8, 4) is 0 Å². The summed E-state index contributed by atoms with van der Waals surface area (Å²) in [6, 6.07) is 5.36. The summed E-state index contributed by atoms with van der Waals surface area (Å²) >= 11 is 0. The molecule has 8 nitrogen and oxygen atoms in total. The molecule has 1 unspecified atom stereocenters. The van der Waals surface area contributed by atoms with Crippen LogP contribution in [-0.2, 0) is 33.8 Å². The van der Waals surface area contributed by atoms with Crippen LogP contribution in [0, 0.1) is 0 Å². The van der Waals surface area contributed by atoms with Crippen molar-refractivity contribution < 1.29 is 39.7 Å². The lowest BCUT2D eigenvalue weighted by molar-refractivity contribution is -0.136. The quantitative estimate of drug-likeness (QED) is 0.636. The Balaban J connectivity index is 1.53. The fourth-order valence-electron chi connectivity index (χ4n) is 3.43. The molecular weight excluding hydrogens is 420 g/mol. The second-order valence-electron chi connectivity index (χ2n) is 7.11. The van der Waals surface area contributed by atoms with Crippen molar-refractivity contribution in [1.29, 1.82) is 0 Å². The summed E-state index contributed by atoms with van der Waals surface area (Å²) in [6.45, 7) is -23.3. The van der Waals surface area contributed by atoms with Gasteiger partial charge in [0.15, 0.2) is 0 Å². The van der Waals surface area contributed by atoms with E-state index >= 15 is 0 Å². The number of carbonyl (C=O) groups is 3. The van der Waals surface area contributed by atoms with Crippen LogP contribution < -0.4 is 10.6 Å². The highest BCUT2D eigenvalue weighted by molar-refractivity contribution is 6.06. The van der Waals surface area contributed by atoms with Crippen LogP contribution in [0.5, 0.6) is 0 Å². The van der Waals surface area contributed by atoms with Gasteiger partial charge in [-0.1, -0.05) is 30.3 Å². The lowest BCUT2D eigenvalue weighted by Crippen LogP contribution is -2.52. The molecule has 3 amide bonds. The van der Waals surface area contributed by atoms with Gasteiger partial charge in [0.25, 0.3) is 5.91 Å². The van der Waals surface area contributed by atoms with Gasteiger partial charge in [-0.25, -0.2) is 0 Å². The van der Waals surface area contributed by atoms with Crippen LogP contribution in [0.1, 0.15) is 60.5 Å². The lowest BCUT2D eigenvalue weighted by atomic mass is 10.0. The van der Waals surface area contributed by atoms with Gasteiger partial charge in [-0.15, -0.1) is 0 Å². The molecule has 2 saturated heterocycles. The highest BCUT2D eigenvalue weighted by Gasteiger charge is 2.39. The number of nitrogens with zero attached hydrogens (tertiary/aromatic N) is 2. The van der Waals surface area contributed by atoms with E-state index in [1.807, 2.05) is 5.32 Å². The van der Waals surface area contributed by atoms with Crippen LogP contribution in [0.25, 0.3) is 0 Å². The van der Waals surface area contributed by atoms with Gasteiger partial charge in [-0.05, 0) is 29.7 Å². The van der Waals surface area contributed by atoms with E-state index in [0.29, 0.717) is 4.90 Å². The molecular formula is C25H28N4O4. The van der Waals surface area contributed by atoms with E-state index in [9.17, 15) is 14.4 Å². The number of anilines is 1. The van der Waals surface area contributed by atoms with E-state index in [0.717, 1.165) is 24.3 Å².